The summed E-state index contributed by atoms with van der Waals surface area (Å²) in [5.74, 6) is -0.326. The molecule has 3 heterocycles. The fourth-order valence-corrected chi connectivity index (χ4v) is 4.66. The number of amides is 1. The van der Waals surface area contributed by atoms with Crippen molar-refractivity contribution in [2.24, 2.45) is 4.99 Å². The molecule has 0 saturated carbocycles. The minimum atomic E-state index is -4.59. The van der Waals surface area contributed by atoms with Crippen molar-refractivity contribution >= 4 is 39.5 Å². The molecular formula is C20H21F4N5O2S. The number of nitrogens with zero attached hydrogens (tertiary/aromatic N) is 4. The Morgan fingerprint density at radius 2 is 2.09 bits per heavy atom. The number of piperazine rings is 1. The molecule has 1 N–H and O–H groups in total. The van der Waals surface area contributed by atoms with Crippen LogP contribution in [0.25, 0.3) is 0 Å². The van der Waals surface area contributed by atoms with E-state index in [1.54, 1.807) is 24.3 Å². The van der Waals surface area contributed by atoms with Gasteiger partial charge in [0.1, 0.15) is 10.7 Å². The van der Waals surface area contributed by atoms with Crippen LogP contribution in [0.1, 0.15) is 17.1 Å². The lowest BCUT2D eigenvalue weighted by atomic mass is 10.1. The standard InChI is InChI=1S/C20H21F4N5O2S/c1-31-9-6-12-11-28(7-8-29(12)15(30)10-21)17-16-18(32-19(27-16)20(22,23)24)26-14-5-3-2-4-13(14)25-17/h2-5,12,26H,6-11H2,1H3/t12-/m0/s1. The van der Waals surface area contributed by atoms with Crippen LogP contribution in [-0.2, 0) is 15.7 Å². The van der Waals surface area contributed by atoms with Crippen molar-refractivity contribution in [2.75, 3.05) is 45.3 Å². The number of thiazole rings is 1. The number of methoxy groups -OCH3 is 1. The lowest BCUT2D eigenvalue weighted by Gasteiger charge is -2.42. The number of alkyl halides is 4. The summed E-state index contributed by atoms with van der Waals surface area (Å²) in [4.78, 5) is 23.9. The normalized spacial score (nSPS) is 18.4. The van der Waals surface area contributed by atoms with Crippen molar-refractivity contribution in [3.05, 3.63) is 35.0 Å². The van der Waals surface area contributed by atoms with Gasteiger partial charge in [-0.1, -0.05) is 23.5 Å². The molecular weight excluding hydrogens is 450 g/mol. The minimum Gasteiger partial charge on any atom is -0.385 e. The highest BCUT2D eigenvalue weighted by atomic mass is 32.1. The third-order valence-corrected chi connectivity index (χ3v) is 6.35. The molecule has 172 valence electrons. The van der Waals surface area contributed by atoms with E-state index < -0.39 is 23.8 Å². The number of carbonyl (C=O) groups is 1. The predicted molar refractivity (Wildman–Crippen MR) is 113 cm³/mol. The number of amidine groups is 1. The molecule has 2 aromatic rings. The Morgan fingerprint density at radius 3 is 2.81 bits per heavy atom. The highest BCUT2D eigenvalue weighted by molar-refractivity contribution is 7.16. The molecule has 0 unspecified atom stereocenters. The molecule has 1 amide bonds. The Morgan fingerprint density at radius 1 is 1.31 bits per heavy atom. The molecule has 0 spiro atoms. The molecule has 1 saturated heterocycles. The third kappa shape index (κ3) is 4.42. The van der Waals surface area contributed by atoms with E-state index in [4.69, 9.17) is 4.74 Å². The highest BCUT2D eigenvalue weighted by Crippen LogP contribution is 2.42. The van der Waals surface area contributed by atoms with E-state index >= 15 is 0 Å². The van der Waals surface area contributed by atoms with Crippen molar-refractivity contribution in [3.63, 3.8) is 0 Å². The maximum atomic E-state index is 13.4. The lowest BCUT2D eigenvalue weighted by Crippen LogP contribution is -2.57. The van der Waals surface area contributed by atoms with Gasteiger partial charge in [0.15, 0.2) is 12.5 Å². The van der Waals surface area contributed by atoms with Crippen LogP contribution in [0.5, 0.6) is 0 Å². The Bertz CT molecular complexity index is 1030. The summed E-state index contributed by atoms with van der Waals surface area (Å²) in [6.07, 6.45) is -4.13. The summed E-state index contributed by atoms with van der Waals surface area (Å²) in [6, 6.07) is 6.67. The van der Waals surface area contributed by atoms with Crippen LogP contribution in [0.3, 0.4) is 0 Å². The zero-order valence-corrected chi connectivity index (χ0v) is 18.0. The minimum absolute atomic E-state index is 0.106. The Labute approximate surface area is 185 Å². The quantitative estimate of drug-likeness (QED) is 0.687. The van der Waals surface area contributed by atoms with Gasteiger partial charge in [0.2, 0.25) is 5.01 Å². The van der Waals surface area contributed by atoms with Crippen molar-refractivity contribution in [1.29, 1.82) is 0 Å². The number of carbonyl (C=O) groups excluding carboxylic acids is 1. The number of aliphatic imine (C=N–C) groups is 1. The van der Waals surface area contributed by atoms with E-state index in [1.165, 1.54) is 12.0 Å². The number of anilines is 2. The van der Waals surface area contributed by atoms with E-state index in [0.29, 0.717) is 41.6 Å². The molecule has 1 aromatic carbocycles. The van der Waals surface area contributed by atoms with Gasteiger partial charge in [0, 0.05) is 33.4 Å². The van der Waals surface area contributed by atoms with Crippen LogP contribution in [0.4, 0.5) is 33.9 Å². The van der Waals surface area contributed by atoms with Crippen LogP contribution in [0.2, 0.25) is 0 Å². The fraction of sp³-hybridized carbons (Fsp3) is 0.450. The van der Waals surface area contributed by atoms with Crippen LogP contribution in [-0.4, -0.2) is 72.6 Å². The number of fused-ring (bicyclic) bond motifs is 2. The second-order valence-electron chi connectivity index (χ2n) is 7.37. The molecule has 1 aromatic heterocycles. The molecule has 32 heavy (non-hydrogen) atoms. The van der Waals surface area contributed by atoms with E-state index in [-0.39, 0.29) is 36.4 Å². The summed E-state index contributed by atoms with van der Waals surface area (Å²) >= 11 is 0.522. The fourth-order valence-electron chi connectivity index (χ4n) is 3.82. The van der Waals surface area contributed by atoms with Gasteiger partial charge in [0.25, 0.3) is 5.91 Å². The number of halogens is 4. The monoisotopic (exact) mass is 471 g/mol. The van der Waals surface area contributed by atoms with Gasteiger partial charge in [-0.3, -0.25) is 4.79 Å². The summed E-state index contributed by atoms with van der Waals surface area (Å²) in [5.41, 5.74) is 1.24. The predicted octanol–water partition coefficient (Wildman–Crippen LogP) is 3.82. The number of benzene rings is 1. The molecule has 1 fully saturated rings. The average molecular weight is 471 g/mol. The zero-order chi connectivity index (χ0) is 22.9. The number of aromatic nitrogens is 1. The van der Waals surface area contributed by atoms with Gasteiger partial charge in [-0.2, -0.15) is 13.2 Å². The summed E-state index contributed by atoms with van der Waals surface area (Å²) in [7, 11) is 1.53. The van der Waals surface area contributed by atoms with Gasteiger partial charge >= 0.3 is 6.18 Å². The first kappa shape index (κ1) is 22.5. The Balaban J connectivity index is 1.73. The molecule has 0 bridgehead atoms. The maximum absolute atomic E-state index is 13.4. The second kappa shape index (κ2) is 9.02. The van der Waals surface area contributed by atoms with Gasteiger partial charge in [-0.25, -0.2) is 14.4 Å². The SMILES string of the molecule is COCC[C@H]1CN(C2=Nc3ccccc3Nc3sc(C(F)(F)F)nc32)CCN1C(=O)CF. The van der Waals surface area contributed by atoms with Crippen LogP contribution in [0.15, 0.2) is 29.3 Å². The van der Waals surface area contributed by atoms with Gasteiger partial charge < -0.3 is 19.9 Å². The van der Waals surface area contributed by atoms with Crippen molar-refractivity contribution in [3.8, 4) is 0 Å². The molecule has 2 aliphatic rings. The Kier molecular flexibility index (Phi) is 6.33. The number of ether oxygens (including phenoxy) is 1. The first-order chi connectivity index (χ1) is 15.3. The van der Waals surface area contributed by atoms with Crippen LogP contribution >= 0.6 is 11.3 Å². The third-order valence-electron chi connectivity index (χ3n) is 5.33. The smallest absolute Gasteiger partial charge is 0.385 e. The molecule has 4 rings (SSSR count). The van der Waals surface area contributed by atoms with E-state index in [2.05, 4.69) is 15.3 Å². The molecule has 7 nitrogen and oxygen atoms in total. The first-order valence-corrected chi connectivity index (χ1v) is 10.8. The van der Waals surface area contributed by atoms with Crippen molar-refractivity contribution in [2.45, 2.75) is 18.6 Å². The molecule has 12 heteroatoms. The molecule has 2 aliphatic heterocycles. The number of hydrogen-bond acceptors (Lipinski definition) is 7. The zero-order valence-electron chi connectivity index (χ0n) is 17.2. The number of hydrogen-bond donors (Lipinski definition) is 1. The summed E-state index contributed by atoms with van der Waals surface area (Å²) < 4.78 is 58.4. The highest BCUT2D eigenvalue weighted by Gasteiger charge is 2.39. The van der Waals surface area contributed by atoms with Crippen LogP contribution < -0.4 is 5.32 Å². The second-order valence-corrected chi connectivity index (χ2v) is 8.37. The topological polar surface area (TPSA) is 70.1 Å². The van der Waals surface area contributed by atoms with Gasteiger partial charge in [-0.05, 0) is 18.6 Å². The average Bonchev–Trinajstić information content (AvgIpc) is 3.14. The van der Waals surface area contributed by atoms with Gasteiger partial charge in [-0.15, -0.1) is 0 Å². The van der Waals surface area contributed by atoms with E-state index in [9.17, 15) is 22.4 Å². The number of rotatable bonds is 4. The summed E-state index contributed by atoms with van der Waals surface area (Å²) in [5, 5.41) is 2.31. The van der Waals surface area contributed by atoms with E-state index in [0.717, 1.165) is 0 Å². The van der Waals surface area contributed by atoms with Gasteiger partial charge in [0.05, 0.1) is 17.4 Å². The number of para-hydroxylation sites is 2. The Hall–Kier alpha value is -2.73. The van der Waals surface area contributed by atoms with Crippen molar-refractivity contribution in [1.82, 2.24) is 14.8 Å². The summed E-state index contributed by atoms with van der Waals surface area (Å²) in [6.45, 7) is 0.0261. The largest absolute Gasteiger partial charge is 0.443 e. The van der Waals surface area contributed by atoms with Crippen LogP contribution in [0, 0.1) is 0 Å². The molecule has 0 aliphatic carbocycles. The number of nitrogens with one attached hydrogen (secondary N) is 1. The molecule has 1 atom stereocenters. The van der Waals surface area contributed by atoms with E-state index in [1.807, 2.05) is 4.90 Å². The lowest BCUT2D eigenvalue weighted by molar-refractivity contribution is -0.138. The molecule has 0 radical (unpaired) electrons. The van der Waals surface area contributed by atoms with Crippen molar-refractivity contribution < 1.29 is 27.1 Å². The maximum Gasteiger partial charge on any atom is 0.443 e. The first-order valence-electron chi connectivity index (χ1n) is 9.94.